The number of nitrogens with zero attached hydrogens (tertiary/aromatic N) is 1. The van der Waals surface area contributed by atoms with Crippen LogP contribution in [-0.4, -0.2) is 53.1 Å². The Labute approximate surface area is 131 Å². The molecule has 120 valence electrons. The van der Waals surface area contributed by atoms with Crippen LogP contribution in [0.25, 0.3) is 0 Å². The molecule has 0 radical (unpaired) electrons. The molecule has 0 amide bonds. The minimum Gasteiger partial charge on any atom is -0.319 e. The average Bonchev–Trinajstić information content (AvgIpc) is 2.94. The molecule has 0 spiro atoms. The minimum absolute atomic E-state index is 0.317. The third-order valence-corrected chi connectivity index (χ3v) is 7.01. The number of nitrogens with one attached hydrogen (secondary N) is 2. The molecule has 1 atom stereocenters. The first kappa shape index (κ1) is 16.9. The number of hydrogen-bond acceptors (Lipinski definition) is 5. The zero-order valence-electron chi connectivity index (χ0n) is 12.8. The normalized spacial score (nSPS) is 20.8. The Bertz CT molecular complexity index is 542. The minimum atomic E-state index is -3.37. The summed E-state index contributed by atoms with van der Waals surface area (Å²) in [4.78, 5) is 3.35. The van der Waals surface area contributed by atoms with Crippen molar-refractivity contribution in [2.75, 3.05) is 33.7 Å². The van der Waals surface area contributed by atoms with Crippen LogP contribution in [-0.2, 0) is 16.4 Å². The first-order chi connectivity index (χ1) is 10.0. The van der Waals surface area contributed by atoms with Crippen LogP contribution < -0.4 is 10.0 Å². The Kier molecular flexibility index (Phi) is 6.19. The van der Waals surface area contributed by atoms with E-state index < -0.39 is 10.0 Å². The molecule has 0 bridgehead atoms. The van der Waals surface area contributed by atoms with Gasteiger partial charge in [-0.1, -0.05) is 6.42 Å². The van der Waals surface area contributed by atoms with Crippen LogP contribution in [0, 0.1) is 0 Å². The lowest BCUT2D eigenvalue weighted by Crippen LogP contribution is -2.44. The summed E-state index contributed by atoms with van der Waals surface area (Å²) in [6.45, 7) is 2.42. The lowest BCUT2D eigenvalue weighted by molar-refractivity contribution is 0.187. The fourth-order valence-electron chi connectivity index (χ4n) is 2.56. The predicted molar refractivity (Wildman–Crippen MR) is 87.4 cm³/mol. The van der Waals surface area contributed by atoms with Crippen molar-refractivity contribution in [3.05, 3.63) is 17.0 Å². The highest BCUT2D eigenvalue weighted by Crippen LogP contribution is 2.22. The summed E-state index contributed by atoms with van der Waals surface area (Å²) >= 11 is 1.36. The maximum absolute atomic E-state index is 12.3. The Balaban J connectivity index is 1.93. The second-order valence-corrected chi connectivity index (χ2v) is 8.72. The van der Waals surface area contributed by atoms with Crippen molar-refractivity contribution < 1.29 is 8.42 Å². The van der Waals surface area contributed by atoms with Crippen LogP contribution in [0.15, 0.2) is 16.3 Å². The Morgan fingerprint density at radius 1 is 1.38 bits per heavy atom. The maximum Gasteiger partial charge on any atom is 0.250 e. The number of hydrogen-bond donors (Lipinski definition) is 2. The van der Waals surface area contributed by atoms with Gasteiger partial charge in [0.1, 0.15) is 4.21 Å². The molecule has 1 aromatic heterocycles. The van der Waals surface area contributed by atoms with E-state index in [0.29, 0.717) is 16.8 Å². The third kappa shape index (κ3) is 4.75. The zero-order chi connectivity index (χ0) is 15.3. The van der Waals surface area contributed by atoms with E-state index in [-0.39, 0.29) is 0 Å². The van der Waals surface area contributed by atoms with Crippen LogP contribution in [0.4, 0.5) is 0 Å². The van der Waals surface area contributed by atoms with E-state index in [4.69, 9.17) is 0 Å². The monoisotopic (exact) mass is 331 g/mol. The lowest BCUT2D eigenvalue weighted by Gasteiger charge is -2.32. The molecule has 2 heterocycles. The maximum atomic E-state index is 12.3. The van der Waals surface area contributed by atoms with Gasteiger partial charge in [0.15, 0.2) is 0 Å². The highest BCUT2D eigenvalue weighted by atomic mass is 32.2. The Hall–Kier alpha value is -0.470. The molecule has 21 heavy (non-hydrogen) atoms. The summed E-state index contributed by atoms with van der Waals surface area (Å²) in [7, 11) is 0.599. The fourth-order valence-corrected chi connectivity index (χ4v) is 5.04. The van der Waals surface area contributed by atoms with Gasteiger partial charge in [-0.2, -0.15) is 0 Å². The lowest BCUT2D eigenvalue weighted by atomic mass is 10.0. The highest BCUT2D eigenvalue weighted by molar-refractivity contribution is 7.91. The quantitative estimate of drug-likeness (QED) is 0.790. The van der Waals surface area contributed by atoms with Crippen molar-refractivity contribution >= 4 is 21.4 Å². The summed E-state index contributed by atoms with van der Waals surface area (Å²) in [6, 6.07) is 3.93. The molecule has 0 aromatic carbocycles. The van der Waals surface area contributed by atoms with Crippen molar-refractivity contribution in [2.45, 2.75) is 35.9 Å². The molecule has 1 aliphatic heterocycles. The molecule has 0 aliphatic carbocycles. The van der Waals surface area contributed by atoms with Gasteiger partial charge < -0.3 is 10.2 Å². The first-order valence-electron chi connectivity index (χ1n) is 7.46. The number of sulfonamides is 1. The van der Waals surface area contributed by atoms with Crippen molar-refractivity contribution in [3.63, 3.8) is 0 Å². The van der Waals surface area contributed by atoms with Crippen molar-refractivity contribution in [3.8, 4) is 0 Å². The number of likely N-dealkylation sites (tertiary alicyclic amines) is 1. The largest absolute Gasteiger partial charge is 0.319 e. The van der Waals surface area contributed by atoms with Gasteiger partial charge in [-0.15, -0.1) is 11.3 Å². The molecule has 2 rings (SSSR count). The topological polar surface area (TPSA) is 61.4 Å². The molecule has 5 nitrogen and oxygen atoms in total. The predicted octanol–water partition coefficient (Wildman–Crippen LogP) is 1.27. The molecule has 1 unspecified atom stereocenters. The average molecular weight is 332 g/mol. The van der Waals surface area contributed by atoms with Gasteiger partial charge in [-0.25, -0.2) is 13.1 Å². The number of thiophene rings is 1. The zero-order valence-corrected chi connectivity index (χ0v) is 14.4. The van der Waals surface area contributed by atoms with Crippen LogP contribution in [0.1, 0.15) is 24.1 Å². The molecule has 7 heteroatoms. The molecule has 1 saturated heterocycles. The van der Waals surface area contributed by atoms with E-state index in [1.54, 1.807) is 6.07 Å². The van der Waals surface area contributed by atoms with Gasteiger partial charge in [0, 0.05) is 17.5 Å². The Morgan fingerprint density at radius 2 is 2.19 bits per heavy atom. The highest BCUT2D eigenvalue weighted by Gasteiger charge is 2.22. The number of piperidine rings is 1. The van der Waals surface area contributed by atoms with Gasteiger partial charge in [0.05, 0.1) is 0 Å². The van der Waals surface area contributed by atoms with E-state index in [1.807, 2.05) is 13.1 Å². The first-order valence-corrected chi connectivity index (χ1v) is 9.76. The Morgan fingerprint density at radius 3 is 2.90 bits per heavy atom. The second-order valence-electron chi connectivity index (χ2n) is 5.56. The second kappa shape index (κ2) is 7.69. The smallest absolute Gasteiger partial charge is 0.250 e. The van der Waals surface area contributed by atoms with Crippen LogP contribution in [0.2, 0.25) is 0 Å². The van der Waals surface area contributed by atoms with Gasteiger partial charge >= 0.3 is 0 Å². The number of rotatable bonds is 7. The van der Waals surface area contributed by atoms with E-state index in [0.717, 1.165) is 30.8 Å². The molecular weight excluding hydrogens is 306 g/mol. The molecule has 1 fully saturated rings. The summed E-state index contributed by atoms with van der Waals surface area (Å²) in [5.41, 5.74) is 0. The fraction of sp³-hybridized carbons (Fsp3) is 0.714. The number of likely N-dealkylation sites (N-methyl/N-ethyl adjacent to an activating group) is 2. The van der Waals surface area contributed by atoms with Crippen molar-refractivity contribution in [1.29, 1.82) is 0 Å². The van der Waals surface area contributed by atoms with Gasteiger partial charge in [-0.05, 0) is 58.6 Å². The van der Waals surface area contributed by atoms with Crippen LogP contribution >= 0.6 is 11.3 Å². The molecular formula is C14H25N3O2S2. The van der Waals surface area contributed by atoms with E-state index >= 15 is 0 Å². The van der Waals surface area contributed by atoms with Gasteiger partial charge in [0.2, 0.25) is 10.0 Å². The van der Waals surface area contributed by atoms with Crippen molar-refractivity contribution in [2.24, 2.45) is 0 Å². The summed E-state index contributed by atoms with van der Waals surface area (Å²) in [6.07, 6.45) is 4.32. The summed E-state index contributed by atoms with van der Waals surface area (Å²) in [5, 5.41) is 3.07. The molecule has 1 aliphatic rings. The third-order valence-electron chi connectivity index (χ3n) is 3.95. The van der Waals surface area contributed by atoms with E-state index in [2.05, 4.69) is 22.0 Å². The SMILES string of the molecule is CNCCc1ccc(S(=O)(=O)NCC2CCCCN2C)s1. The molecule has 1 aromatic rings. The molecule has 0 saturated carbocycles. The molecule has 2 N–H and O–H groups in total. The van der Waals surface area contributed by atoms with Crippen LogP contribution in [0.3, 0.4) is 0 Å². The summed E-state index contributed by atoms with van der Waals surface area (Å²) in [5.74, 6) is 0. The van der Waals surface area contributed by atoms with Gasteiger partial charge in [0.25, 0.3) is 0 Å². The summed E-state index contributed by atoms with van der Waals surface area (Å²) < 4.78 is 27.9. The van der Waals surface area contributed by atoms with Crippen molar-refractivity contribution in [1.82, 2.24) is 14.9 Å². The van der Waals surface area contributed by atoms with E-state index in [9.17, 15) is 8.42 Å². The van der Waals surface area contributed by atoms with Crippen LogP contribution in [0.5, 0.6) is 0 Å². The standard InChI is InChI=1S/C14H25N3O2S2/c1-15-9-8-13-6-7-14(20-13)21(18,19)16-11-12-5-3-4-10-17(12)2/h6-7,12,15-16H,3-5,8-11H2,1-2H3. The van der Waals surface area contributed by atoms with E-state index in [1.165, 1.54) is 24.2 Å². The van der Waals surface area contributed by atoms with Gasteiger partial charge in [-0.3, -0.25) is 0 Å².